The lowest BCUT2D eigenvalue weighted by molar-refractivity contribution is -0.121. The summed E-state index contributed by atoms with van der Waals surface area (Å²) >= 11 is 0. The van der Waals surface area contributed by atoms with Crippen LogP contribution in [0, 0.1) is 0 Å². The topological polar surface area (TPSA) is 118 Å². The van der Waals surface area contributed by atoms with Crippen LogP contribution in [0.25, 0.3) is 0 Å². The highest BCUT2D eigenvalue weighted by Crippen LogP contribution is 2.11. The summed E-state index contributed by atoms with van der Waals surface area (Å²) in [7, 11) is 0. The lowest BCUT2D eigenvalue weighted by atomic mass is 10.1. The highest BCUT2D eigenvalue weighted by Gasteiger charge is 2.20. The van der Waals surface area contributed by atoms with Crippen LogP contribution < -0.4 is 16.4 Å². The number of benzene rings is 1. The molecule has 0 aliphatic rings. The standard InChI is InChI=1S/C16H21N3O4/c1-3-13(21)7-8-14(15(17)22)19-16(23)11-5-4-6-12(9-11)18-10(2)20/h4-6,9,14H,3,7-8H2,1-2H3,(H2,17,22)(H,18,20)(H,19,23)/t14-/m1/s1. The van der Waals surface area contributed by atoms with E-state index in [1.807, 2.05) is 0 Å². The molecule has 23 heavy (non-hydrogen) atoms. The summed E-state index contributed by atoms with van der Waals surface area (Å²) in [4.78, 5) is 46.0. The number of hydrogen-bond acceptors (Lipinski definition) is 4. The van der Waals surface area contributed by atoms with E-state index < -0.39 is 17.9 Å². The molecule has 0 bridgehead atoms. The maximum atomic E-state index is 12.2. The van der Waals surface area contributed by atoms with Crippen LogP contribution in [0.3, 0.4) is 0 Å². The second-order valence-corrected chi connectivity index (χ2v) is 5.12. The van der Waals surface area contributed by atoms with Crippen LogP contribution in [-0.4, -0.2) is 29.5 Å². The van der Waals surface area contributed by atoms with Crippen molar-refractivity contribution in [2.45, 2.75) is 39.2 Å². The van der Waals surface area contributed by atoms with E-state index in [0.29, 0.717) is 12.1 Å². The molecule has 3 amide bonds. The van der Waals surface area contributed by atoms with E-state index in [2.05, 4.69) is 10.6 Å². The van der Waals surface area contributed by atoms with E-state index in [1.165, 1.54) is 13.0 Å². The molecule has 0 spiro atoms. The fourth-order valence-corrected chi connectivity index (χ4v) is 1.95. The number of anilines is 1. The van der Waals surface area contributed by atoms with Crippen LogP contribution in [-0.2, 0) is 14.4 Å². The van der Waals surface area contributed by atoms with E-state index >= 15 is 0 Å². The van der Waals surface area contributed by atoms with Gasteiger partial charge in [0.1, 0.15) is 11.8 Å². The third-order valence-corrected chi connectivity index (χ3v) is 3.20. The number of rotatable bonds is 8. The number of nitrogens with one attached hydrogen (secondary N) is 2. The maximum Gasteiger partial charge on any atom is 0.252 e. The Bertz CT molecular complexity index is 613. The van der Waals surface area contributed by atoms with Crippen LogP contribution in [0.1, 0.15) is 43.5 Å². The van der Waals surface area contributed by atoms with Gasteiger partial charge in [0.15, 0.2) is 0 Å². The van der Waals surface area contributed by atoms with Crippen LogP contribution in [0.4, 0.5) is 5.69 Å². The van der Waals surface area contributed by atoms with Crippen molar-refractivity contribution in [3.05, 3.63) is 29.8 Å². The van der Waals surface area contributed by atoms with Gasteiger partial charge in [0.05, 0.1) is 0 Å². The van der Waals surface area contributed by atoms with Crippen molar-refractivity contribution >= 4 is 29.2 Å². The van der Waals surface area contributed by atoms with Gasteiger partial charge in [-0.05, 0) is 24.6 Å². The van der Waals surface area contributed by atoms with Gasteiger partial charge in [-0.25, -0.2) is 0 Å². The summed E-state index contributed by atoms with van der Waals surface area (Å²) in [5, 5.41) is 5.08. The molecule has 1 atom stereocenters. The zero-order valence-corrected chi connectivity index (χ0v) is 13.2. The van der Waals surface area contributed by atoms with E-state index in [4.69, 9.17) is 5.73 Å². The van der Waals surface area contributed by atoms with Gasteiger partial charge in [0.25, 0.3) is 5.91 Å². The second-order valence-electron chi connectivity index (χ2n) is 5.12. The van der Waals surface area contributed by atoms with E-state index in [-0.39, 0.29) is 30.1 Å². The summed E-state index contributed by atoms with van der Waals surface area (Å²) in [6, 6.07) is 5.38. The lowest BCUT2D eigenvalue weighted by Gasteiger charge is -2.15. The quantitative estimate of drug-likeness (QED) is 0.662. The van der Waals surface area contributed by atoms with Crippen LogP contribution >= 0.6 is 0 Å². The normalized spacial score (nSPS) is 11.4. The Morgan fingerprint density at radius 2 is 1.91 bits per heavy atom. The van der Waals surface area contributed by atoms with Gasteiger partial charge in [0, 0.05) is 31.0 Å². The van der Waals surface area contributed by atoms with Gasteiger partial charge in [-0.2, -0.15) is 0 Å². The third-order valence-electron chi connectivity index (χ3n) is 3.20. The lowest BCUT2D eigenvalue weighted by Crippen LogP contribution is -2.44. The van der Waals surface area contributed by atoms with Crippen molar-refractivity contribution in [1.82, 2.24) is 5.32 Å². The van der Waals surface area contributed by atoms with Crippen molar-refractivity contribution in [1.29, 1.82) is 0 Å². The molecule has 0 aromatic heterocycles. The van der Waals surface area contributed by atoms with Crippen LogP contribution in [0.5, 0.6) is 0 Å². The molecule has 7 nitrogen and oxygen atoms in total. The molecule has 0 unspecified atom stereocenters. The molecule has 0 aliphatic heterocycles. The number of carbonyl (C=O) groups excluding carboxylic acids is 4. The zero-order valence-electron chi connectivity index (χ0n) is 13.2. The fraction of sp³-hybridized carbons (Fsp3) is 0.375. The Morgan fingerprint density at radius 3 is 2.48 bits per heavy atom. The fourth-order valence-electron chi connectivity index (χ4n) is 1.95. The predicted octanol–water partition coefficient (Wildman–Crippen LogP) is 0.988. The van der Waals surface area contributed by atoms with Gasteiger partial charge in [0.2, 0.25) is 11.8 Å². The second kappa shape index (κ2) is 8.67. The summed E-state index contributed by atoms with van der Waals surface area (Å²) in [5.74, 6) is -1.45. The average molecular weight is 319 g/mol. The highest BCUT2D eigenvalue weighted by molar-refractivity contribution is 5.99. The number of primary amides is 1. The molecule has 7 heteroatoms. The predicted molar refractivity (Wildman–Crippen MR) is 85.7 cm³/mol. The maximum absolute atomic E-state index is 12.2. The molecule has 1 aromatic carbocycles. The van der Waals surface area contributed by atoms with E-state index in [1.54, 1.807) is 25.1 Å². The number of nitrogens with two attached hydrogens (primary N) is 1. The minimum Gasteiger partial charge on any atom is -0.368 e. The molecule has 1 rings (SSSR count). The minimum absolute atomic E-state index is 0.00171. The van der Waals surface area contributed by atoms with Gasteiger partial charge < -0.3 is 16.4 Å². The van der Waals surface area contributed by atoms with E-state index in [0.717, 1.165) is 0 Å². The summed E-state index contributed by atoms with van der Waals surface area (Å²) in [6.45, 7) is 3.09. The first-order chi connectivity index (χ1) is 10.8. The Balaban J connectivity index is 2.76. The first-order valence-electron chi connectivity index (χ1n) is 7.33. The molecule has 0 saturated carbocycles. The number of Topliss-reactive ketones (excluding diaryl/α,β-unsaturated/α-hetero) is 1. The zero-order chi connectivity index (χ0) is 17.4. The molecule has 0 heterocycles. The molecule has 4 N–H and O–H groups in total. The molecule has 0 saturated heterocycles. The molecular weight excluding hydrogens is 298 g/mol. The SMILES string of the molecule is CCC(=O)CC[C@@H](NC(=O)c1cccc(NC(C)=O)c1)C(N)=O. The summed E-state index contributed by atoms with van der Waals surface area (Å²) < 4.78 is 0. The van der Waals surface area contributed by atoms with Crippen molar-refractivity contribution in [2.75, 3.05) is 5.32 Å². The highest BCUT2D eigenvalue weighted by atomic mass is 16.2. The molecule has 0 aliphatic carbocycles. The molecule has 1 aromatic rings. The molecule has 0 fully saturated rings. The smallest absolute Gasteiger partial charge is 0.252 e. The Kier molecular flexibility index (Phi) is 6.92. The number of carbonyl (C=O) groups is 4. The van der Waals surface area contributed by atoms with Crippen molar-refractivity contribution in [2.24, 2.45) is 5.73 Å². The van der Waals surface area contributed by atoms with Crippen LogP contribution in [0.15, 0.2) is 24.3 Å². The monoisotopic (exact) mass is 319 g/mol. The van der Waals surface area contributed by atoms with Crippen LogP contribution in [0.2, 0.25) is 0 Å². The van der Waals surface area contributed by atoms with Gasteiger partial charge in [-0.3, -0.25) is 19.2 Å². The van der Waals surface area contributed by atoms with Crippen molar-refractivity contribution in [3.63, 3.8) is 0 Å². The van der Waals surface area contributed by atoms with Crippen molar-refractivity contribution in [3.8, 4) is 0 Å². The Hall–Kier alpha value is -2.70. The molecule has 124 valence electrons. The third kappa shape index (κ3) is 6.29. The van der Waals surface area contributed by atoms with Gasteiger partial charge >= 0.3 is 0 Å². The first kappa shape index (κ1) is 18.3. The largest absolute Gasteiger partial charge is 0.368 e. The summed E-state index contributed by atoms with van der Waals surface area (Å²) in [5.41, 5.74) is 6.02. The van der Waals surface area contributed by atoms with Gasteiger partial charge in [-0.1, -0.05) is 13.0 Å². The molecule has 0 radical (unpaired) electrons. The minimum atomic E-state index is -0.914. The molecular formula is C16H21N3O4. The van der Waals surface area contributed by atoms with E-state index in [9.17, 15) is 19.2 Å². The Labute approximate surface area is 134 Å². The Morgan fingerprint density at radius 1 is 1.22 bits per heavy atom. The number of hydrogen-bond donors (Lipinski definition) is 3. The number of amides is 3. The average Bonchev–Trinajstić information content (AvgIpc) is 2.50. The van der Waals surface area contributed by atoms with Crippen molar-refractivity contribution < 1.29 is 19.2 Å². The van der Waals surface area contributed by atoms with Gasteiger partial charge in [-0.15, -0.1) is 0 Å². The summed E-state index contributed by atoms with van der Waals surface area (Å²) in [6.07, 6.45) is 0.716. The number of ketones is 1. The first-order valence-corrected chi connectivity index (χ1v) is 7.33.